The molecule has 1 N–H and O–H groups in total. The van der Waals surface area contributed by atoms with E-state index in [0.29, 0.717) is 0 Å². The van der Waals surface area contributed by atoms with Crippen molar-refractivity contribution in [2.45, 2.75) is 38.8 Å². The van der Waals surface area contributed by atoms with E-state index in [9.17, 15) is 0 Å². The summed E-state index contributed by atoms with van der Waals surface area (Å²) in [7, 11) is 4.24. The fourth-order valence-corrected chi connectivity index (χ4v) is 2.08. The van der Waals surface area contributed by atoms with E-state index in [1.165, 1.54) is 24.2 Å². The highest BCUT2D eigenvalue weighted by Crippen LogP contribution is 2.24. The second kappa shape index (κ2) is 5.65. The molecule has 0 unspecified atom stereocenters. The molecular weight excluding hydrogens is 212 g/mol. The third kappa shape index (κ3) is 3.54. The molecule has 1 fully saturated rings. The van der Waals surface area contributed by atoms with Crippen LogP contribution in [0.1, 0.15) is 31.2 Å². The lowest BCUT2D eigenvalue weighted by Gasteiger charge is -2.15. The van der Waals surface area contributed by atoms with Gasteiger partial charge in [-0.2, -0.15) is 5.10 Å². The molecule has 0 aliphatic heterocycles. The predicted octanol–water partition coefficient (Wildman–Crippen LogP) is 1.17. The molecule has 2 rings (SSSR count). The maximum Gasteiger partial charge on any atom is 0.0625 e. The third-order valence-electron chi connectivity index (χ3n) is 3.51. The first-order valence-corrected chi connectivity index (χ1v) is 6.63. The summed E-state index contributed by atoms with van der Waals surface area (Å²) in [5.41, 5.74) is 2.45. The first kappa shape index (κ1) is 12.6. The maximum atomic E-state index is 4.45. The molecule has 4 nitrogen and oxygen atoms in total. The van der Waals surface area contributed by atoms with E-state index in [2.05, 4.69) is 35.4 Å². The molecule has 0 spiro atoms. The first-order valence-electron chi connectivity index (χ1n) is 6.63. The van der Waals surface area contributed by atoms with Crippen LogP contribution in [-0.4, -0.2) is 40.9 Å². The number of aryl methyl sites for hydroxylation is 2. The number of nitrogens with zero attached hydrogens (tertiary/aromatic N) is 3. The van der Waals surface area contributed by atoms with Crippen molar-refractivity contribution in [3.8, 4) is 0 Å². The molecule has 0 saturated heterocycles. The molecular formula is C13H24N4. The average Bonchev–Trinajstić information content (AvgIpc) is 3.10. The molecule has 17 heavy (non-hydrogen) atoms. The maximum absolute atomic E-state index is 4.45. The van der Waals surface area contributed by atoms with Gasteiger partial charge in [-0.1, -0.05) is 6.92 Å². The van der Waals surface area contributed by atoms with Crippen molar-refractivity contribution < 1.29 is 0 Å². The summed E-state index contributed by atoms with van der Waals surface area (Å²) in [4.78, 5) is 2.45. The Kier molecular flexibility index (Phi) is 4.18. The third-order valence-corrected chi connectivity index (χ3v) is 3.51. The van der Waals surface area contributed by atoms with E-state index in [1.807, 2.05) is 11.7 Å². The van der Waals surface area contributed by atoms with Crippen molar-refractivity contribution >= 4 is 0 Å². The van der Waals surface area contributed by atoms with Crippen LogP contribution >= 0.6 is 0 Å². The summed E-state index contributed by atoms with van der Waals surface area (Å²) < 4.78 is 1.98. The molecule has 1 aliphatic rings. The van der Waals surface area contributed by atoms with Crippen molar-refractivity contribution in [2.75, 3.05) is 20.1 Å². The predicted molar refractivity (Wildman–Crippen MR) is 69.9 cm³/mol. The quantitative estimate of drug-likeness (QED) is 0.721. The van der Waals surface area contributed by atoms with Gasteiger partial charge in [0, 0.05) is 32.7 Å². The molecule has 1 heterocycles. The Morgan fingerprint density at radius 1 is 1.53 bits per heavy atom. The van der Waals surface area contributed by atoms with Crippen LogP contribution in [-0.2, 0) is 20.0 Å². The number of rotatable bonds is 7. The minimum absolute atomic E-state index is 0.861. The largest absolute Gasteiger partial charge is 0.310 e. The Hall–Kier alpha value is -0.870. The summed E-state index contributed by atoms with van der Waals surface area (Å²) in [6.45, 7) is 5.26. The van der Waals surface area contributed by atoms with Crippen LogP contribution in [0.4, 0.5) is 0 Å². The van der Waals surface area contributed by atoms with Gasteiger partial charge in [0.1, 0.15) is 0 Å². The summed E-state index contributed by atoms with van der Waals surface area (Å²) >= 11 is 0. The molecule has 96 valence electrons. The van der Waals surface area contributed by atoms with E-state index in [0.717, 1.165) is 32.1 Å². The summed E-state index contributed by atoms with van der Waals surface area (Å²) in [5.74, 6) is 0. The van der Waals surface area contributed by atoms with Gasteiger partial charge in [-0.15, -0.1) is 0 Å². The molecule has 1 aromatic rings. The van der Waals surface area contributed by atoms with E-state index >= 15 is 0 Å². The van der Waals surface area contributed by atoms with E-state index in [1.54, 1.807) is 0 Å². The molecule has 0 bridgehead atoms. The minimum Gasteiger partial charge on any atom is -0.310 e. The Labute approximate surface area is 104 Å². The Bertz CT molecular complexity index is 354. The minimum atomic E-state index is 0.861. The van der Waals surface area contributed by atoms with Crippen molar-refractivity contribution in [3.63, 3.8) is 0 Å². The van der Waals surface area contributed by atoms with Crippen molar-refractivity contribution in [1.82, 2.24) is 20.0 Å². The standard InChI is InChI=1S/C13H24N4/c1-4-11-9-13(17(3)15-11)10-14-7-8-16(2)12-5-6-12/h9,12,14H,4-8,10H2,1-3H3. The van der Waals surface area contributed by atoms with Crippen LogP contribution in [0.2, 0.25) is 0 Å². The van der Waals surface area contributed by atoms with Gasteiger partial charge >= 0.3 is 0 Å². The SMILES string of the molecule is CCc1cc(CNCCN(C)C2CC2)n(C)n1. The second-order valence-electron chi connectivity index (χ2n) is 4.99. The molecule has 1 saturated carbocycles. The van der Waals surface area contributed by atoms with E-state index in [4.69, 9.17) is 0 Å². The van der Waals surface area contributed by atoms with Gasteiger partial charge in [0.2, 0.25) is 0 Å². The lowest BCUT2D eigenvalue weighted by atomic mass is 10.3. The highest BCUT2D eigenvalue weighted by Gasteiger charge is 2.25. The molecule has 0 radical (unpaired) electrons. The highest BCUT2D eigenvalue weighted by molar-refractivity contribution is 5.09. The zero-order chi connectivity index (χ0) is 12.3. The summed E-state index contributed by atoms with van der Waals surface area (Å²) in [5, 5.41) is 7.94. The van der Waals surface area contributed by atoms with Crippen LogP contribution in [0, 0.1) is 0 Å². The number of aromatic nitrogens is 2. The van der Waals surface area contributed by atoms with Crippen molar-refractivity contribution in [3.05, 3.63) is 17.5 Å². The van der Waals surface area contributed by atoms with Crippen molar-refractivity contribution in [2.24, 2.45) is 7.05 Å². The zero-order valence-corrected chi connectivity index (χ0v) is 11.2. The van der Waals surface area contributed by atoms with Crippen LogP contribution in [0.5, 0.6) is 0 Å². The van der Waals surface area contributed by atoms with Gasteiger partial charge in [-0.25, -0.2) is 0 Å². The lowest BCUT2D eigenvalue weighted by Crippen LogP contribution is -2.30. The molecule has 0 aromatic carbocycles. The first-order chi connectivity index (χ1) is 8.20. The van der Waals surface area contributed by atoms with Crippen LogP contribution < -0.4 is 5.32 Å². The number of nitrogens with one attached hydrogen (secondary N) is 1. The molecule has 0 amide bonds. The monoisotopic (exact) mass is 236 g/mol. The smallest absolute Gasteiger partial charge is 0.0625 e. The molecule has 1 aromatic heterocycles. The number of hydrogen-bond donors (Lipinski definition) is 1. The van der Waals surface area contributed by atoms with Gasteiger partial charge in [0.05, 0.1) is 11.4 Å². The van der Waals surface area contributed by atoms with Crippen LogP contribution in [0.25, 0.3) is 0 Å². The molecule has 0 atom stereocenters. The fraction of sp³-hybridized carbons (Fsp3) is 0.769. The second-order valence-corrected chi connectivity index (χ2v) is 4.99. The highest BCUT2D eigenvalue weighted by atomic mass is 15.3. The van der Waals surface area contributed by atoms with Crippen LogP contribution in [0.15, 0.2) is 6.07 Å². The van der Waals surface area contributed by atoms with Gasteiger partial charge in [-0.05, 0) is 32.4 Å². The van der Waals surface area contributed by atoms with Gasteiger partial charge in [0.15, 0.2) is 0 Å². The zero-order valence-electron chi connectivity index (χ0n) is 11.2. The van der Waals surface area contributed by atoms with Crippen LogP contribution in [0.3, 0.4) is 0 Å². The number of likely N-dealkylation sites (N-methyl/N-ethyl adjacent to an activating group) is 1. The Morgan fingerprint density at radius 2 is 2.29 bits per heavy atom. The van der Waals surface area contributed by atoms with Crippen molar-refractivity contribution in [1.29, 1.82) is 0 Å². The lowest BCUT2D eigenvalue weighted by molar-refractivity contribution is 0.321. The fourth-order valence-electron chi connectivity index (χ4n) is 2.08. The van der Waals surface area contributed by atoms with E-state index in [-0.39, 0.29) is 0 Å². The molecule has 4 heteroatoms. The topological polar surface area (TPSA) is 33.1 Å². The van der Waals surface area contributed by atoms with Gasteiger partial charge in [-0.3, -0.25) is 4.68 Å². The normalized spacial score (nSPS) is 15.8. The summed E-state index contributed by atoms with van der Waals surface area (Å²) in [6, 6.07) is 3.05. The van der Waals surface area contributed by atoms with Gasteiger partial charge < -0.3 is 10.2 Å². The van der Waals surface area contributed by atoms with Gasteiger partial charge in [0.25, 0.3) is 0 Å². The Morgan fingerprint density at radius 3 is 2.88 bits per heavy atom. The average molecular weight is 236 g/mol. The Balaban J connectivity index is 1.68. The van der Waals surface area contributed by atoms with E-state index < -0.39 is 0 Å². The number of hydrogen-bond acceptors (Lipinski definition) is 3. The molecule has 1 aliphatic carbocycles. The summed E-state index contributed by atoms with van der Waals surface area (Å²) in [6.07, 6.45) is 3.79.